The molecular weight excluding hydrogens is 420 g/mol. The molecule has 0 aliphatic rings. The van der Waals surface area contributed by atoms with E-state index in [9.17, 15) is 0 Å². The molecule has 6 heteroatoms. The first-order valence-electron chi connectivity index (χ1n) is 8.05. The molecule has 134 valence electrons. The largest absolute Gasteiger partial charge is 0.497 e. The van der Waals surface area contributed by atoms with Crippen LogP contribution in [0.4, 0.5) is 5.69 Å². The highest BCUT2D eigenvalue weighted by atomic mass is 79.9. The van der Waals surface area contributed by atoms with Crippen molar-refractivity contribution < 1.29 is 4.74 Å². The number of ether oxygens (including phenoxy) is 1. The van der Waals surface area contributed by atoms with Crippen LogP contribution in [0.2, 0.25) is 5.02 Å². The summed E-state index contributed by atoms with van der Waals surface area (Å²) in [4.78, 5) is 0. The number of hydrogen-bond acceptors (Lipinski definition) is 2. The Balaban J connectivity index is 2.09. The lowest BCUT2D eigenvalue weighted by Gasteiger charge is -2.23. The maximum Gasteiger partial charge on any atom is 0.171 e. The molecule has 0 saturated carbocycles. The minimum atomic E-state index is 0.122. The number of hydrogen-bond donors (Lipinski definition) is 2. The molecule has 0 aromatic heterocycles. The van der Waals surface area contributed by atoms with Crippen LogP contribution in [0.3, 0.4) is 0 Å². The predicted molar refractivity (Wildman–Crippen MR) is 114 cm³/mol. The van der Waals surface area contributed by atoms with Gasteiger partial charge in [-0.15, -0.1) is 0 Å². The average Bonchev–Trinajstić information content (AvgIpc) is 2.57. The first kappa shape index (κ1) is 20.0. The van der Waals surface area contributed by atoms with Crippen molar-refractivity contribution in [2.45, 2.75) is 26.3 Å². The molecule has 25 heavy (non-hydrogen) atoms. The Labute approximate surface area is 168 Å². The summed E-state index contributed by atoms with van der Waals surface area (Å²) in [5, 5.41) is 7.82. The van der Waals surface area contributed by atoms with Crippen LogP contribution in [-0.4, -0.2) is 12.2 Å². The molecule has 0 amide bonds. The second-order valence-corrected chi connectivity index (χ2v) is 7.85. The van der Waals surface area contributed by atoms with E-state index in [1.54, 1.807) is 7.11 Å². The normalized spacial score (nSPS) is 11.9. The smallest absolute Gasteiger partial charge is 0.171 e. The molecule has 0 aliphatic heterocycles. The molecule has 0 saturated heterocycles. The average molecular weight is 442 g/mol. The lowest BCUT2D eigenvalue weighted by molar-refractivity contribution is 0.414. The highest BCUT2D eigenvalue weighted by Gasteiger charge is 2.15. The zero-order chi connectivity index (χ0) is 18.4. The fraction of sp³-hybridized carbons (Fsp3) is 0.316. The molecule has 0 radical (unpaired) electrons. The number of anilines is 1. The topological polar surface area (TPSA) is 33.3 Å². The highest BCUT2D eigenvalue weighted by Crippen LogP contribution is 2.26. The van der Waals surface area contributed by atoms with Crippen LogP contribution in [0.1, 0.15) is 31.9 Å². The molecule has 2 aromatic carbocycles. The Morgan fingerprint density at radius 2 is 1.88 bits per heavy atom. The van der Waals surface area contributed by atoms with Gasteiger partial charge in [-0.2, -0.15) is 0 Å². The Hall–Kier alpha value is -1.30. The van der Waals surface area contributed by atoms with E-state index in [0.717, 1.165) is 22.3 Å². The maximum atomic E-state index is 6.13. The molecule has 2 rings (SSSR count). The Morgan fingerprint density at radius 3 is 2.44 bits per heavy atom. The van der Waals surface area contributed by atoms with E-state index < -0.39 is 0 Å². The van der Waals surface area contributed by atoms with E-state index in [1.165, 1.54) is 5.56 Å². The van der Waals surface area contributed by atoms with Gasteiger partial charge in [0.1, 0.15) is 5.75 Å². The first-order chi connectivity index (χ1) is 11.9. The van der Waals surface area contributed by atoms with E-state index in [0.29, 0.717) is 16.1 Å². The van der Waals surface area contributed by atoms with E-state index in [1.807, 2.05) is 30.3 Å². The van der Waals surface area contributed by atoms with Crippen LogP contribution in [-0.2, 0) is 0 Å². The molecule has 0 unspecified atom stereocenters. The van der Waals surface area contributed by atoms with Crippen molar-refractivity contribution in [3.8, 4) is 5.75 Å². The van der Waals surface area contributed by atoms with Crippen molar-refractivity contribution in [2.24, 2.45) is 5.92 Å². The van der Waals surface area contributed by atoms with Gasteiger partial charge < -0.3 is 15.4 Å². The maximum absolute atomic E-state index is 6.13. The van der Waals surface area contributed by atoms with Crippen LogP contribution >= 0.6 is 39.7 Å². The molecule has 3 nitrogen and oxygen atoms in total. The molecule has 0 spiro atoms. The molecule has 0 bridgehead atoms. The van der Waals surface area contributed by atoms with Gasteiger partial charge in [-0.05, 0) is 76.4 Å². The van der Waals surface area contributed by atoms with Crippen LogP contribution in [0.15, 0.2) is 46.9 Å². The third kappa shape index (κ3) is 6.17. The summed E-state index contributed by atoms with van der Waals surface area (Å²) in [5.74, 6) is 1.38. The number of benzene rings is 2. The summed E-state index contributed by atoms with van der Waals surface area (Å²) in [5.41, 5.74) is 2.02. The Bertz CT molecular complexity index is 722. The zero-order valence-electron chi connectivity index (χ0n) is 14.5. The van der Waals surface area contributed by atoms with Crippen molar-refractivity contribution in [1.29, 1.82) is 0 Å². The number of rotatable bonds is 6. The van der Waals surface area contributed by atoms with E-state index in [4.69, 9.17) is 28.6 Å². The minimum absolute atomic E-state index is 0.122. The zero-order valence-corrected chi connectivity index (χ0v) is 17.6. The SMILES string of the molecule is COc1ccc([C@H](CC(C)C)NC(=S)Nc2ccc(Br)c(Cl)c2)cc1. The number of methoxy groups -OCH3 is 1. The summed E-state index contributed by atoms with van der Waals surface area (Å²) in [6, 6.07) is 13.8. The van der Waals surface area contributed by atoms with Gasteiger partial charge in [0.15, 0.2) is 5.11 Å². The number of halogens is 2. The van der Waals surface area contributed by atoms with Gasteiger partial charge in [-0.25, -0.2) is 0 Å². The quantitative estimate of drug-likeness (QED) is 0.524. The minimum Gasteiger partial charge on any atom is -0.497 e. The predicted octanol–water partition coefficient (Wildman–Crippen LogP) is 6.18. The second kappa shape index (κ2) is 9.41. The fourth-order valence-corrected chi connectivity index (χ4v) is 3.17. The lowest BCUT2D eigenvalue weighted by Crippen LogP contribution is -2.33. The number of thiocarbonyl (C=S) groups is 1. The molecule has 0 aliphatic carbocycles. The standard InChI is InChI=1S/C19H22BrClN2OS/c1-12(2)10-18(13-4-7-15(24-3)8-5-13)23-19(25)22-14-6-9-16(20)17(21)11-14/h4-9,11-12,18H,10H2,1-3H3,(H2,22,23,25)/t18-/m0/s1. The van der Waals surface area contributed by atoms with Gasteiger partial charge in [-0.1, -0.05) is 37.6 Å². The van der Waals surface area contributed by atoms with E-state index in [2.05, 4.69) is 52.5 Å². The second-order valence-electron chi connectivity index (χ2n) is 6.18. The summed E-state index contributed by atoms with van der Waals surface area (Å²) in [7, 11) is 1.67. The molecule has 0 heterocycles. The fourth-order valence-electron chi connectivity index (χ4n) is 2.49. The molecule has 2 N–H and O–H groups in total. The lowest BCUT2D eigenvalue weighted by atomic mass is 9.97. The highest BCUT2D eigenvalue weighted by molar-refractivity contribution is 9.10. The van der Waals surface area contributed by atoms with Gasteiger partial charge >= 0.3 is 0 Å². The summed E-state index contributed by atoms with van der Waals surface area (Å²) in [6.07, 6.45) is 0.968. The van der Waals surface area contributed by atoms with Crippen molar-refractivity contribution in [2.75, 3.05) is 12.4 Å². The Morgan fingerprint density at radius 1 is 1.20 bits per heavy atom. The van der Waals surface area contributed by atoms with Gasteiger partial charge in [0.05, 0.1) is 18.2 Å². The van der Waals surface area contributed by atoms with Gasteiger partial charge in [0.2, 0.25) is 0 Å². The van der Waals surface area contributed by atoms with E-state index >= 15 is 0 Å². The van der Waals surface area contributed by atoms with Crippen molar-refractivity contribution in [3.05, 3.63) is 57.5 Å². The summed E-state index contributed by atoms with van der Waals surface area (Å²) >= 11 is 15.0. The van der Waals surface area contributed by atoms with Gasteiger partial charge in [0, 0.05) is 10.2 Å². The third-order valence-electron chi connectivity index (χ3n) is 3.71. The van der Waals surface area contributed by atoms with Crippen molar-refractivity contribution in [3.63, 3.8) is 0 Å². The van der Waals surface area contributed by atoms with E-state index in [-0.39, 0.29) is 6.04 Å². The van der Waals surface area contributed by atoms with Crippen molar-refractivity contribution >= 4 is 50.5 Å². The van der Waals surface area contributed by atoms with Crippen LogP contribution in [0.5, 0.6) is 5.75 Å². The van der Waals surface area contributed by atoms with Crippen LogP contribution < -0.4 is 15.4 Å². The molecular formula is C19H22BrClN2OS. The van der Waals surface area contributed by atoms with Gasteiger partial charge in [0.25, 0.3) is 0 Å². The van der Waals surface area contributed by atoms with Crippen molar-refractivity contribution in [1.82, 2.24) is 5.32 Å². The Kier molecular flexibility index (Phi) is 7.54. The molecule has 0 fully saturated rings. The first-order valence-corrected chi connectivity index (χ1v) is 9.63. The summed E-state index contributed by atoms with van der Waals surface area (Å²) < 4.78 is 6.09. The molecule has 2 aromatic rings. The van der Waals surface area contributed by atoms with Crippen LogP contribution in [0, 0.1) is 5.92 Å². The van der Waals surface area contributed by atoms with Crippen LogP contribution in [0.25, 0.3) is 0 Å². The number of nitrogens with one attached hydrogen (secondary N) is 2. The van der Waals surface area contributed by atoms with Gasteiger partial charge in [-0.3, -0.25) is 0 Å². The summed E-state index contributed by atoms with van der Waals surface area (Å²) in [6.45, 7) is 4.40. The third-order valence-corrected chi connectivity index (χ3v) is 5.16. The molecule has 1 atom stereocenters. The monoisotopic (exact) mass is 440 g/mol.